The Morgan fingerprint density at radius 3 is 2.84 bits per heavy atom. The highest BCUT2D eigenvalue weighted by Crippen LogP contribution is 2.27. The van der Waals surface area contributed by atoms with Gasteiger partial charge in [-0.3, -0.25) is 0 Å². The van der Waals surface area contributed by atoms with Crippen molar-refractivity contribution in [2.45, 2.75) is 25.7 Å². The van der Waals surface area contributed by atoms with Crippen LogP contribution in [0.1, 0.15) is 34.6 Å². The molecule has 5 heteroatoms. The lowest BCUT2D eigenvalue weighted by Crippen LogP contribution is -2.08. The Kier molecular flexibility index (Phi) is 2.81. The van der Waals surface area contributed by atoms with E-state index in [0.717, 1.165) is 36.9 Å². The van der Waals surface area contributed by atoms with Crippen molar-refractivity contribution < 1.29 is 14.3 Å². The highest BCUT2D eigenvalue weighted by molar-refractivity contribution is 5.87. The summed E-state index contributed by atoms with van der Waals surface area (Å²) < 4.78 is 14.9. The second-order valence-electron chi connectivity index (χ2n) is 4.68. The molecular weight excluding hydrogens is 247 g/mol. The summed E-state index contributed by atoms with van der Waals surface area (Å²) in [4.78, 5) is 11.2. The highest BCUT2D eigenvalue weighted by atomic mass is 19.1. The highest BCUT2D eigenvalue weighted by Gasteiger charge is 2.25. The number of aromatic carboxylic acids is 1. The quantitative estimate of drug-likeness (QED) is 0.903. The Morgan fingerprint density at radius 1 is 1.32 bits per heavy atom. The van der Waals surface area contributed by atoms with Gasteiger partial charge in [-0.2, -0.15) is 5.10 Å². The van der Waals surface area contributed by atoms with Gasteiger partial charge in [0.2, 0.25) is 0 Å². The average Bonchev–Trinajstić information content (AvgIpc) is 2.78. The Bertz CT molecular complexity index is 649. The molecule has 0 amide bonds. The van der Waals surface area contributed by atoms with E-state index in [-0.39, 0.29) is 11.5 Å². The predicted molar refractivity (Wildman–Crippen MR) is 67.1 cm³/mol. The molecule has 0 saturated heterocycles. The van der Waals surface area contributed by atoms with Gasteiger partial charge in [0.15, 0.2) is 5.69 Å². The second-order valence-corrected chi connectivity index (χ2v) is 4.68. The molecule has 1 aromatic heterocycles. The largest absolute Gasteiger partial charge is 0.476 e. The zero-order valence-corrected chi connectivity index (χ0v) is 10.3. The topological polar surface area (TPSA) is 55.1 Å². The van der Waals surface area contributed by atoms with Gasteiger partial charge in [-0.1, -0.05) is 6.07 Å². The van der Waals surface area contributed by atoms with Gasteiger partial charge in [-0.15, -0.1) is 0 Å². The van der Waals surface area contributed by atoms with Crippen molar-refractivity contribution >= 4 is 5.97 Å². The molecule has 2 aromatic rings. The van der Waals surface area contributed by atoms with Crippen LogP contribution in [0.2, 0.25) is 0 Å². The molecule has 0 bridgehead atoms. The molecule has 0 aliphatic heterocycles. The van der Waals surface area contributed by atoms with E-state index >= 15 is 0 Å². The minimum absolute atomic E-state index is 0.0963. The number of aromatic nitrogens is 2. The third-order valence-electron chi connectivity index (χ3n) is 3.44. The standard InChI is InChI=1S/C14H13FN2O2/c15-9-4-3-5-10(8-9)17-12-7-2-1-6-11(12)13(16-17)14(18)19/h3-5,8H,1-2,6-7H2,(H,18,19). The monoisotopic (exact) mass is 260 g/mol. The summed E-state index contributed by atoms with van der Waals surface area (Å²) in [5.74, 6) is -1.37. The number of hydrogen-bond donors (Lipinski definition) is 1. The van der Waals surface area contributed by atoms with E-state index in [4.69, 9.17) is 0 Å². The third kappa shape index (κ3) is 2.01. The summed E-state index contributed by atoms with van der Waals surface area (Å²) in [7, 11) is 0. The normalized spacial score (nSPS) is 14.2. The average molecular weight is 260 g/mol. The Balaban J connectivity index is 2.19. The lowest BCUT2D eigenvalue weighted by molar-refractivity contribution is 0.0688. The Labute approximate surface area is 109 Å². The van der Waals surface area contributed by atoms with Crippen molar-refractivity contribution in [3.05, 3.63) is 47.0 Å². The number of benzene rings is 1. The van der Waals surface area contributed by atoms with Gasteiger partial charge >= 0.3 is 5.97 Å². The molecule has 0 spiro atoms. The molecule has 98 valence electrons. The third-order valence-corrected chi connectivity index (χ3v) is 3.44. The first-order valence-electron chi connectivity index (χ1n) is 6.27. The fraction of sp³-hybridized carbons (Fsp3) is 0.286. The van der Waals surface area contributed by atoms with E-state index in [2.05, 4.69) is 5.10 Å². The molecule has 0 fully saturated rings. The molecule has 19 heavy (non-hydrogen) atoms. The van der Waals surface area contributed by atoms with Crippen LogP contribution in [0.25, 0.3) is 5.69 Å². The van der Waals surface area contributed by atoms with E-state index in [1.54, 1.807) is 16.8 Å². The van der Waals surface area contributed by atoms with Crippen LogP contribution < -0.4 is 0 Å². The van der Waals surface area contributed by atoms with Crippen molar-refractivity contribution in [3.63, 3.8) is 0 Å². The molecule has 4 nitrogen and oxygen atoms in total. The van der Waals surface area contributed by atoms with Gasteiger partial charge in [-0.25, -0.2) is 13.9 Å². The number of nitrogens with zero attached hydrogens (tertiary/aromatic N) is 2. The van der Waals surface area contributed by atoms with E-state index in [1.807, 2.05) is 0 Å². The maximum atomic E-state index is 13.3. The number of carboxylic acid groups (broad SMARTS) is 1. The van der Waals surface area contributed by atoms with Crippen LogP contribution in [0, 0.1) is 5.82 Å². The SMILES string of the molecule is O=C(O)c1nn(-c2cccc(F)c2)c2c1CCCC2. The summed E-state index contributed by atoms with van der Waals surface area (Å²) in [5, 5.41) is 13.4. The zero-order valence-electron chi connectivity index (χ0n) is 10.3. The van der Waals surface area contributed by atoms with Crippen molar-refractivity contribution in [1.29, 1.82) is 0 Å². The minimum atomic E-state index is -1.02. The summed E-state index contributed by atoms with van der Waals surface area (Å²) in [5.41, 5.74) is 2.36. The maximum Gasteiger partial charge on any atom is 0.356 e. The van der Waals surface area contributed by atoms with Crippen molar-refractivity contribution in [1.82, 2.24) is 9.78 Å². The number of carbonyl (C=O) groups is 1. The second kappa shape index (κ2) is 4.50. The smallest absolute Gasteiger partial charge is 0.356 e. The van der Waals surface area contributed by atoms with Gasteiger partial charge in [-0.05, 0) is 43.9 Å². The van der Waals surface area contributed by atoms with Crippen LogP contribution >= 0.6 is 0 Å². The lowest BCUT2D eigenvalue weighted by atomic mass is 9.95. The molecule has 1 N–H and O–H groups in total. The van der Waals surface area contributed by atoms with Crippen molar-refractivity contribution in [2.75, 3.05) is 0 Å². The number of halogens is 1. The van der Waals surface area contributed by atoms with Gasteiger partial charge in [0.05, 0.1) is 5.69 Å². The molecule has 1 aromatic carbocycles. The molecule has 0 saturated carbocycles. The van der Waals surface area contributed by atoms with Crippen LogP contribution in [0.4, 0.5) is 4.39 Å². The van der Waals surface area contributed by atoms with Crippen LogP contribution in [0.3, 0.4) is 0 Å². The van der Waals surface area contributed by atoms with Crippen LogP contribution in [-0.4, -0.2) is 20.9 Å². The number of carboxylic acids is 1. The first-order chi connectivity index (χ1) is 9.16. The molecule has 0 radical (unpaired) electrons. The molecule has 1 aliphatic carbocycles. The molecule has 1 heterocycles. The van der Waals surface area contributed by atoms with Gasteiger partial charge in [0.25, 0.3) is 0 Å². The zero-order chi connectivity index (χ0) is 13.4. The fourth-order valence-electron chi connectivity index (χ4n) is 2.59. The van der Waals surface area contributed by atoms with Crippen LogP contribution in [-0.2, 0) is 12.8 Å². The first-order valence-corrected chi connectivity index (χ1v) is 6.27. The van der Waals surface area contributed by atoms with E-state index in [0.29, 0.717) is 5.69 Å². The van der Waals surface area contributed by atoms with Gasteiger partial charge < -0.3 is 5.11 Å². The predicted octanol–water partition coefficient (Wildman–Crippen LogP) is 2.59. The van der Waals surface area contributed by atoms with E-state index in [1.165, 1.54) is 12.1 Å². The molecule has 0 atom stereocenters. The first kappa shape index (κ1) is 11.9. The number of fused-ring (bicyclic) bond motifs is 1. The van der Waals surface area contributed by atoms with E-state index < -0.39 is 5.97 Å². The Morgan fingerprint density at radius 2 is 2.11 bits per heavy atom. The van der Waals surface area contributed by atoms with E-state index in [9.17, 15) is 14.3 Å². The summed E-state index contributed by atoms with van der Waals surface area (Å²) >= 11 is 0. The van der Waals surface area contributed by atoms with Crippen molar-refractivity contribution in [2.24, 2.45) is 0 Å². The molecule has 1 aliphatic rings. The fourth-order valence-corrected chi connectivity index (χ4v) is 2.59. The minimum Gasteiger partial charge on any atom is -0.476 e. The van der Waals surface area contributed by atoms with Crippen LogP contribution in [0.15, 0.2) is 24.3 Å². The summed E-state index contributed by atoms with van der Waals surface area (Å²) in [6, 6.07) is 6.06. The molecule has 0 unspecified atom stereocenters. The lowest BCUT2D eigenvalue weighted by Gasteiger charge is -2.13. The van der Waals surface area contributed by atoms with Gasteiger partial charge in [0.1, 0.15) is 5.82 Å². The summed E-state index contributed by atoms with van der Waals surface area (Å²) in [6.07, 6.45) is 3.49. The van der Waals surface area contributed by atoms with Gasteiger partial charge in [0, 0.05) is 11.3 Å². The van der Waals surface area contributed by atoms with Crippen molar-refractivity contribution in [3.8, 4) is 5.69 Å². The summed E-state index contributed by atoms with van der Waals surface area (Å²) in [6.45, 7) is 0. The number of hydrogen-bond acceptors (Lipinski definition) is 2. The maximum absolute atomic E-state index is 13.3. The molecular formula is C14H13FN2O2. The Hall–Kier alpha value is -2.17. The number of rotatable bonds is 2. The van der Waals surface area contributed by atoms with Crippen LogP contribution in [0.5, 0.6) is 0 Å². The molecule has 3 rings (SSSR count).